The van der Waals surface area contributed by atoms with Gasteiger partial charge in [0.1, 0.15) is 0 Å². The molecular formula is C18H20N2O3S. The molecule has 2 aromatic rings. The minimum absolute atomic E-state index is 0.00345. The van der Waals surface area contributed by atoms with Crippen LogP contribution in [-0.2, 0) is 15.6 Å². The molecule has 1 aliphatic heterocycles. The molecule has 1 aromatic heterocycles. The normalized spacial score (nSPS) is 14.8. The molecular weight excluding hydrogens is 324 g/mol. The number of likely N-dealkylation sites (tertiary alicyclic amines) is 1. The molecule has 24 heavy (non-hydrogen) atoms. The fraction of sp³-hybridized carbons (Fsp3) is 0.333. The Morgan fingerprint density at radius 3 is 2.46 bits per heavy atom. The topological polar surface area (TPSA) is 67.3 Å². The van der Waals surface area contributed by atoms with Crippen molar-refractivity contribution in [2.45, 2.75) is 30.5 Å². The van der Waals surface area contributed by atoms with Gasteiger partial charge in [-0.05, 0) is 43.0 Å². The van der Waals surface area contributed by atoms with Gasteiger partial charge in [0.05, 0.1) is 11.3 Å². The Morgan fingerprint density at radius 2 is 1.83 bits per heavy atom. The maximum absolute atomic E-state index is 12.5. The molecule has 1 amide bonds. The van der Waals surface area contributed by atoms with E-state index < -0.39 is 9.84 Å². The van der Waals surface area contributed by atoms with Crippen LogP contribution in [0, 0.1) is 6.92 Å². The number of hydrogen-bond donors (Lipinski definition) is 0. The van der Waals surface area contributed by atoms with Crippen molar-refractivity contribution in [2.75, 3.05) is 13.1 Å². The predicted octanol–water partition coefficient (Wildman–Crippen LogP) is 2.60. The van der Waals surface area contributed by atoms with E-state index in [4.69, 9.17) is 0 Å². The molecule has 0 bridgehead atoms. The van der Waals surface area contributed by atoms with Crippen LogP contribution in [0.4, 0.5) is 0 Å². The van der Waals surface area contributed by atoms with Crippen LogP contribution < -0.4 is 0 Å². The fourth-order valence-corrected chi connectivity index (χ4v) is 4.21. The van der Waals surface area contributed by atoms with Crippen LogP contribution in [0.2, 0.25) is 0 Å². The van der Waals surface area contributed by atoms with Crippen LogP contribution in [-0.4, -0.2) is 37.3 Å². The number of nitrogens with zero attached hydrogens (tertiary/aromatic N) is 2. The quantitative estimate of drug-likeness (QED) is 0.855. The van der Waals surface area contributed by atoms with E-state index in [9.17, 15) is 13.2 Å². The molecule has 126 valence electrons. The first-order valence-electron chi connectivity index (χ1n) is 8.00. The minimum atomic E-state index is -3.53. The molecule has 1 aliphatic rings. The first-order chi connectivity index (χ1) is 11.5. The second kappa shape index (κ2) is 6.73. The van der Waals surface area contributed by atoms with Crippen molar-refractivity contribution in [2.24, 2.45) is 0 Å². The van der Waals surface area contributed by atoms with Gasteiger partial charge in [0.25, 0.3) is 5.91 Å². The number of pyridine rings is 1. The van der Waals surface area contributed by atoms with E-state index in [0.717, 1.165) is 37.1 Å². The summed E-state index contributed by atoms with van der Waals surface area (Å²) < 4.78 is 25.1. The molecule has 0 radical (unpaired) electrons. The lowest BCUT2D eigenvalue weighted by Crippen LogP contribution is -2.27. The molecule has 0 aliphatic carbocycles. The van der Waals surface area contributed by atoms with Crippen molar-refractivity contribution in [1.29, 1.82) is 0 Å². The van der Waals surface area contributed by atoms with E-state index in [1.54, 1.807) is 17.0 Å². The highest BCUT2D eigenvalue weighted by Gasteiger charge is 2.22. The van der Waals surface area contributed by atoms with Gasteiger partial charge in [0, 0.05) is 19.3 Å². The molecule has 0 unspecified atom stereocenters. The van der Waals surface area contributed by atoms with E-state index in [0.29, 0.717) is 5.56 Å². The monoisotopic (exact) mass is 344 g/mol. The van der Waals surface area contributed by atoms with Crippen molar-refractivity contribution in [1.82, 2.24) is 9.88 Å². The molecule has 0 atom stereocenters. The molecule has 3 rings (SSSR count). The number of carbonyl (C=O) groups is 1. The summed E-state index contributed by atoms with van der Waals surface area (Å²) in [6.45, 7) is 3.40. The summed E-state index contributed by atoms with van der Waals surface area (Å²) in [5.41, 5.74) is 2.13. The highest BCUT2D eigenvalue weighted by Crippen LogP contribution is 2.18. The molecule has 5 nitrogen and oxygen atoms in total. The largest absolute Gasteiger partial charge is 0.339 e. The van der Waals surface area contributed by atoms with Gasteiger partial charge in [-0.3, -0.25) is 4.79 Å². The minimum Gasteiger partial charge on any atom is -0.339 e. The van der Waals surface area contributed by atoms with Crippen LogP contribution in [0.15, 0.2) is 47.6 Å². The Morgan fingerprint density at radius 1 is 1.12 bits per heavy atom. The summed E-state index contributed by atoms with van der Waals surface area (Å²) in [7, 11) is -3.53. The molecule has 1 fully saturated rings. The van der Waals surface area contributed by atoms with Gasteiger partial charge in [-0.2, -0.15) is 0 Å². The maximum atomic E-state index is 12.5. The lowest BCUT2D eigenvalue weighted by atomic mass is 10.1. The van der Waals surface area contributed by atoms with Crippen LogP contribution in [0.5, 0.6) is 0 Å². The van der Waals surface area contributed by atoms with E-state index in [1.165, 1.54) is 12.3 Å². The number of benzene rings is 1. The van der Waals surface area contributed by atoms with Gasteiger partial charge in [0.2, 0.25) is 0 Å². The predicted molar refractivity (Wildman–Crippen MR) is 91.4 cm³/mol. The van der Waals surface area contributed by atoms with Crippen LogP contribution in [0.25, 0.3) is 0 Å². The number of aromatic nitrogens is 1. The molecule has 2 heterocycles. The van der Waals surface area contributed by atoms with Gasteiger partial charge < -0.3 is 4.90 Å². The second-order valence-corrected chi connectivity index (χ2v) is 8.01. The molecule has 0 spiro atoms. The second-order valence-electron chi connectivity index (χ2n) is 6.07. The van der Waals surface area contributed by atoms with Gasteiger partial charge in [-0.15, -0.1) is 0 Å². The van der Waals surface area contributed by atoms with Crippen molar-refractivity contribution in [3.05, 3.63) is 59.3 Å². The summed E-state index contributed by atoms with van der Waals surface area (Å²) in [5, 5.41) is 0.00345. The van der Waals surface area contributed by atoms with Crippen molar-refractivity contribution in [3.8, 4) is 0 Å². The first-order valence-corrected chi connectivity index (χ1v) is 9.65. The van der Waals surface area contributed by atoms with E-state index in [1.807, 2.05) is 25.1 Å². The third-order valence-corrected chi connectivity index (χ3v) is 5.87. The summed E-state index contributed by atoms with van der Waals surface area (Å²) in [6.07, 6.45) is 3.40. The van der Waals surface area contributed by atoms with Crippen LogP contribution in [0.1, 0.15) is 34.3 Å². The fourth-order valence-electron chi connectivity index (χ4n) is 2.84. The lowest BCUT2D eigenvalue weighted by molar-refractivity contribution is 0.0792. The maximum Gasteiger partial charge on any atom is 0.255 e. The molecule has 0 saturated carbocycles. The standard InChI is InChI=1S/C18H20N2O3S/c1-14-6-2-3-7-16(14)13-24(22,23)17-9-8-15(12-19-17)18(21)20-10-4-5-11-20/h2-3,6-9,12H,4-5,10-11,13H2,1H3. The third kappa shape index (κ3) is 3.48. The average molecular weight is 344 g/mol. The third-order valence-electron chi connectivity index (χ3n) is 4.30. The number of aryl methyl sites for hydroxylation is 1. The lowest BCUT2D eigenvalue weighted by Gasteiger charge is -2.15. The SMILES string of the molecule is Cc1ccccc1CS(=O)(=O)c1ccc(C(=O)N2CCCC2)cn1. The number of hydrogen-bond acceptors (Lipinski definition) is 4. The number of amides is 1. The summed E-state index contributed by atoms with van der Waals surface area (Å²) in [6, 6.07) is 10.4. The zero-order valence-electron chi connectivity index (χ0n) is 13.6. The summed E-state index contributed by atoms with van der Waals surface area (Å²) >= 11 is 0. The van der Waals surface area contributed by atoms with Crippen molar-refractivity contribution >= 4 is 15.7 Å². The Labute approximate surface area is 142 Å². The Hall–Kier alpha value is -2.21. The number of sulfone groups is 1. The molecule has 1 saturated heterocycles. The van der Waals surface area contributed by atoms with Crippen LogP contribution in [0.3, 0.4) is 0 Å². The average Bonchev–Trinajstić information content (AvgIpc) is 3.11. The van der Waals surface area contributed by atoms with E-state index in [2.05, 4.69) is 4.98 Å². The van der Waals surface area contributed by atoms with Gasteiger partial charge in [-0.25, -0.2) is 13.4 Å². The highest BCUT2D eigenvalue weighted by molar-refractivity contribution is 7.90. The highest BCUT2D eigenvalue weighted by atomic mass is 32.2. The van der Waals surface area contributed by atoms with Crippen LogP contribution >= 0.6 is 0 Å². The van der Waals surface area contributed by atoms with Crippen molar-refractivity contribution in [3.63, 3.8) is 0 Å². The summed E-state index contributed by atoms with van der Waals surface area (Å²) in [4.78, 5) is 18.1. The van der Waals surface area contributed by atoms with Gasteiger partial charge in [-0.1, -0.05) is 24.3 Å². The Kier molecular flexibility index (Phi) is 4.66. The molecule has 1 aromatic carbocycles. The van der Waals surface area contributed by atoms with Gasteiger partial charge >= 0.3 is 0 Å². The van der Waals surface area contributed by atoms with E-state index in [-0.39, 0.29) is 16.7 Å². The first kappa shape index (κ1) is 16.6. The number of carbonyl (C=O) groups excluding carboxylic acids is 1. The molecule has 0 N–H and O–H groups in total. The Balaban J connectivity index is 1.79. The zero-order valence-corrected chi connectivity index (χ0v) is 14.4. The zero-order chi connectivity index (χ0) is 17.2. The molecule has 6 heteroatoms. The van der Waals surface area contributed by atoms with Crippen molar-refractivity contribution < 1.29 is 13.2 Å². The number of rotatable bonds is 4. The smallest absolute Gasteiger partial charge is 0.255 e. The van der Waals surface area contributed by atoms with Gasteiger partial charge in [0.15, 0.2) is 14.9 Å². The Bertz CT molecular complexity index is 839. The van der Waals surface area contributed by atoms with E-state index >= 15 is 0 Å². The summed E-state index contributed by atoms with van der Waals surface area (Å²) in [5.74, 6) is -0.172.